The Balaban J connectivity index is 1.52. The van der Waals surface area contributed by atoms with Crippen molar-refractivity contribution >= 4 is 23.5 Å². The molecule has 4 rings (SSSR count). The summed E-state index contributed by atoms with van der Waals surface area (Å²) in [5, 5.41) is 2.64. The van der Waals surface area contributed by atoms with Crippen molar-refractivity contribution in [2.75, 3.05) is 44.2 Å². The van der Waals surface area contributed by atoms with Crippen molar-refractivity contribution in [3.63, 3.8) is 0 Å². The third-order valence-electron chi connectivity index (χ3n) is 5.29. The average Bonchev–Trinajstić information content (AvgIpc) is 3.14. The normalized spacial score (nSPS) is 22.1. The monoisotopic (exact) mass is 372 g/mol. The van der Waals surface area contributed by atoms with Crippen LogP contribution in [0.4, 0.5) is 10.5 Å². The van der Waals surface area contributed by atoms with E-state index in [4.69, 9.17) is 4.74 Å². The third kappa shape index (κ3) is 3.56. The summed E-state index contributed by atoms with van der Waals surface area (Å²) in [4.78, 5) is 42.2. The van der Waals surface area contributed by atoms with Crippen LogP contribution in [0.5, 0.6) is 5.75 Å². The first-order valence-corrected chi connectivity index (χ1v) is 9.51. The van der Waals surface area contributed by atoms with Gasteiger partial charge >= 0.3 is 6.03 Å². The molecule has 0 aliphatic carbocycles. The van der Waals surface area contributed by atoms with Crippen molar-refractivity contribution in [1.82, 2.24) is 15.1 Å². The Kier molecular flexibility index (Phi) is 4.87. The quantitative estimate of drug-likeness (QED) is 0.849. The van der Waals surface area contributed by atoms with Crippen molar-refractivity contribution in [2.24, 2.45) is 0 Å². The van der Waals surface area contributed by atoms with Crippen LogP contribution in [0.3, 0.4) is 0 Å². The highest BCUT2D eigenvalue weighted by Crippen LogP contribution is 2.33. The highest BCUT2D eigenvalue weighted by Gasteiger charge is 2.36. The zero-order valence-corrected chi connectivity index (χ0v) is 15.2. The number of nitrogens with one attached hydrogen (secondary N) is 1. The molecule has 4 amide bonds. The lowest BCUT2D eigenvalue weighted by Gasteiger charge is -2.38. The minimum atomic E-state index is -0.641. The fourth-order valence-corrected chi connectivity index (χ4v) is 3.86. The molecular formula is C19H24N4O4. The summed E-state index contributed by atoms with van der Waals surface area (Å²) in [6.45, 7) is 2.70. The number of carbonyl (C=O) groups excluding carboxylic acids is 3. The fraction of sp³-hybridized carbons (Fsp3) is 0.526. The van der Waals surface area contributed by atoms with Gasteiger partial charge in [-0.25, -0.2) is 4.79 Å². The summed E-state index contributed by atoms with van der Waals surface area (Å²) >= 11 is 0. The van der Waals surface area contributed by atoms with Crippen LogP contribution in [0.2, 0.25) is 0 Å². The van der Waals surface area contributed by atoms with E-state index >= 15 is 0 Å². The number of rotatable bonds is 3. The zero-order chi connectivity index (χ0) is 18.8. The number of benzene rings is 1. The van der Waals surface area contributed by atoms with Gasteiger partial charge in [-0.15, -0.1) is 0 Å². The Labute approximate surface area is 158 Å². The maximum Gasteiger partial charge on any atom is 0.324 e. The molecule has 2 saturated heterocycles. The number of anilines is 1. The summed E-state index contributed by atoms with van der Waals surface area (Å²) in [7, 11) is 0. The first-order valence-electron chi connectivity index (χ1n) is 9.51. The molecule has 0 bridgehead atoms. The molecule has 1 atom stereocenters. The summed E-state index contributed by atoms with van der Waals surface area (Å²) < 4.78 is 5.97. The number of likely N-dealkylation sites (tertiary alicyclic amines) is 1. The van der Waals surface area contributed by atoms with E-state index in [0.717, 1.165) is 38.0 Å². The Bertz CT molecular complexity index is 747. The lowest BCUT2D eigenvalue weighted by Crippen LogP contribution is -2.53. The molecule has 3 aliphatic heterocycles. The van der Waals surface area contributed by atoms with E-state index in [1.807, 2.05) is 34.1 Å². The van der Waals surface area contributed by atoms with E-state index in [1.165, 1.54) is 4.90 Å². The number of urea groups is 1. The van der Waals surface area contributed by atoms with Gasteiger partial charge in [-0.05, 0) is 31.4 Å². The van der Waals surface area contributed by atoms with Gasteiger partial charge in [0.25, 0.3) is 5.91 Å². The highest BCUT2D eigenvalue weighted by atomic mass is 16.5. The van der Waals surface area contributed by atoms with Gasteiger partial charge in [0.05, 0.1) is 18.8 Å². The summed E-state index contributed by atoms with van der Waals surface area (Å²) in [5.41, 5.74) is 0.771. The predicted molar refractivity (Wildman–Crippen MR) is 98.6 cm³/mol. The molecule has 1 unspecified atom stereocenters. The van der Waals surface area contributed by atoms with Crippen molar-refractivity contribution in [2.45, 2.75) is 25.4 Å². The SMILES string of the molecule is O=C(C1CN(CC(=O)N2CCNC2=O)c2ccccc2O1)N1CCCCC1. The summed E-state index contributed by atoms with van der Waals surface area (Å²) in [5.74, 6) is 0.296. The van der Waals surface area contributed by atoms with Crippen LogP contribution in [0.1, 0.15) is 19.3 Å². The number of fused-ring (bicyclic) bond motifs is 1. The lowest BCUT2D eigenvalue weighted by molar-refractivity contribution is -0.139. The third-order valence-corrected chi connectivity index (χ3v) is 5.29. The number of imide groups is 1. The Morgan fingerprint density at radius 3 is 2.63 bits per heavy atom. The maximum absolute atomic E-state index is 12.9. The predicted octanol–water partition coefficient (Wildman–Crippen LogP) is 0.818. The molecule has 1 N–H and O–H groups in total. The fourth-order valence-electron chi connectivity index (χ4n) is 3.86. The second kappa shape index (κ2) is 7.46. The Hall–Kier alpha value is -2.77. The lowest BCUT2D eigenvalue weighted by atomic mass is 10.1. The maximum atomic E-state index is 12.9. The van der Waals surface area contributed by atoms with E-state index in [-0.39, 0.29) is 24.4 Å². The van der Waals surface area contributed by atoms with Crippen molar-refractivity contribution in [1.29, 1.82) is 0 Å². The van der Waals surface area contributed by atoms with E-state index in [2.05, 4.69) is 5.32 Å². The molecule has 8 heteroatoms. The van der Waals surface area contributed by atoms with E-state index in [0.29, 0.717) is 25.4 Å². The van der Waals surface area contributed by atoms with Crippen LogP contribution in [0.15, 0.2) is 24.3 Å². The molecule has 1 aromatic rings. The molecule has 2 fully saturated rings. The smallest absolute Gasteiger partial charge is 0.324 e. The molecule has 0 saturated carbocycles. The number of ether oxygens (including phenoxy) is 1. The second-order valence-electron chi connectivity index (χ2n) is 7.12. The van der Waals surface area contributed by atoms with Crippen LogP contribution < -0.4 is 15.0 Å². The first kappa shape index (κ1) is 17.6. The van der Waals surface area contributed by atoms with Gasteiger partial charge in [0.2, 0.25) is 5.91 Å². The summed E-state index contributed by atoms with van der Waals surface area (Å²) in [6, 6.07) is 7.04. The highest BCUT2D eigenvalue weighted by molar-refractivity contribution is 5.98. The number of hydrogen-bond acceptors (Lipinski definition) is 5. The molecule has 144 valence electrons. The number of amides is 4. The molecule has 0 aromatic heterocycles. The molecule has 3 aliphatic rings. The van der Waals surface area contributed by atoms with E-state index in [1.54, 1.807) is 0 Å². The molecule has 0 radical (unpaired) electrons. The molecule has 27 heavy (non-hydrogen) atoms. The first-order chi connectivity index (χ1) is 13.1. The van der Waals surface area contributed by atoms with Gasteiger partial charge in [0.1, 0.15) is 5.75 Å². The standard InChI is InChI=1S/C19H24N4O4/c24-17(23-11-8-20-19(23)26)13-22-12-16(18(25)21-9-4-1-5-10-21)27-15-7-3-2-6-14(15)22/h2-3,6-7,16H,1,4-5,8-13H2,(H,20,26). The minimum Gasteiger partial charge on any atom is -0.477 e. The molecule has 8 nitrogen and oxygen atoms in total. The van der Waals surface area contributed by atoms with Crippen LogP contribution in [0, 0.1) is 0 Å². The van der Waals surface area contributed by atoms with Crippen LogP contribution in [-0.2, 0) is 9.59 Å². The molecule has 1 aromatic carbocycles. The van der Waals surface area contributed by atoms with Gasteiger partial charge in [-0.2, -0.15) is 0 Å². The Morgan fingerprint density at radius 1 is 1.11 bits per heavy atom. The van der Waals surface area contributed by atoms with Crippen molar-refractivity contribution in [3.05, 3.63) is 24.3 Å². The minimum absolute atomic E-state index is 0.0273. The molecular weight excluding hydrogens is 348 g/mol. The van der Waals surface area contributed by atoms with Gasteiger partial charge in [-0.1, -0.05) is 12.1 Å². The topological polar surface area (TPSA) is 82.2 Å². The van der Waals surface area contributed by atoms with Crippen LogP contribution >= 0.6 is 0 Å². The van der Waals surface area contributed by atoms with Crippen molar-refractivity contribution < 1.29 is 19.1 Å². The van der Waals surface area contributed by atoms with Crippen molar-refractivity contribution in [3.8, 4) is 5.75 Å². The largest absolute Gasteiger partial charge is 0.477 e. The second-order valence-corrected chi connectivity index (χ2v) is 7.12. The number of nitrogens with zero attached hydrogens (tertiary/aromatic N) is 3. The van der Waals surface area contributed by atoms with Gasteiger partial charge < -0.3 is 19.9 Å². The number of para-hydroxylation sites is 2. The van der Waals surface area contributed by atoms with Gasteiger partial charge in [0.15, 0.2) is 6.10 Å². The van der Waals surface area contributed by atoms with E-state index in [9.17, 15) is 14.4 Å². The van der Waals surface area contributed by atoms with Crippen LogP contribution in [-0.4, -0.2) is 73.0 Å². The van der Waals surface area contributed by atoms with E-state index < -0.39 is 6.10 Å². The van der Waals surface area contributed by atoms with Gasteiger partial charge in [-0.3, -0.25) is 14.5 Å². The average molecular weight is 372 g/mol. The molecule has 0 spiro atoms. The van der Waals surface area contributed by atoms with Gasteiger partial charge in [0, 0.05) is 26.2 Å². The number of hydrogen-bond donors (Lipinski definition) is 1. The number of piperidine rings is 1. The Morgan fingerprint density at radius 2 is 1.89 bits per heavy atom. The zero-order valence-electron chi connectivity index (χ0n) is 15.2. The van der Waals surface area contributed by atoms with Crippen LogP contribution in [0.25, 0.3) is 0 Å². The number of carbonyl (C=O) groups is 3. The molecule has 3 heterocycles. The summed E-state index contributed by atoms with van der Waals surface area (Å²) in [6.07, 6.45) is 2.54.